The third kappa shape index (κ3) is 2.77. The second-order valence-corrected chi connectivity index (χ2v) is 6.87. The molecule has 1 heterocycles. The van der Waals surface area contributed by atoms with Crippen LogP contribution in [0.3, 0.4) is 0 Å². The molecule has 3 rings (SSSR count). The fourth-order valence-electron chi connectivity index (χ4n) is 3.41. The van der Waals surface area contributed by atoms with Gasteiger partial charge in [0, 0.05) is 12.0 Å². The van der Waals surface area contributed by atoms with Crippen LogP contribution in [-0.4, -0.2) is 22.2 Å². The molecule has 0 spiro atoms. The molecule has 2 aliphatic rings. The molecule has 1 unspecified atom stereocenters. The highest BCUT2D eigenvalue weighted by atomic mass is 16.5. The second-order valence-electron chi connectivity index (χ2n) is 6.87. The number of para-hydroxylation sites is 1. The van der Waals surface area contributed by atoms with Crippen LogP contribution in [0.1, 0.15) is 57.6 Å². The van der Waals surface area contributed by atoms with Gasteiger partial charge in [-0.05, 0) is 45.6 Å². The van der Waals surface area contributed by atoms with Crippen LogP contribution in [0.25, 0.3) is 0 Å². The van der Waals surface area contributed by atoms with Crippen LogP contribution >= 0.6 is 0 Å². The molecule has 1 atom stereocenters. The Kier molecular flexibility index (Phi) is 3.44. The predicted molar refractivity (Wildman–Crippen MR) is 80.1 cm³/mol. The van der Waals surface area contributed by atoms with Crippen molar-refractivity contribution in [2.75, 3.05) is 0 Å². The largest absolute Gasteiger partial charge is 0.487 e. The fraction of sp³-hybridized carbons (Fsp3) is 0.588. The first kappa shape index (κ1) is 14.4. The summed E-state index contributed by atoms with van der Waals surface area (Å²) in [6.07, 6.45) is 3.66. The van der Waals surface area contributed by atoms with Crippen molar-refractivity contribution < 1.29 is 14.6 Å². The van der Waals surface area contributed by atoms with Crippen LogP contribution in [0.5, 0.6) is 5.75 Å². The molecular weight excluding hydrogens is 266 g/mol. The smallest absolute Gasteiger partial charge is 0.252 e. The Bertz CT molecular complexity index is 547. The molecule has 4 nitrogen and oxygen atoms in total. The third-order valence-corrected chi connectivity index (χ3v) is 4.54. The summed E-state index contributed by atoms with van der Waals surface area (Å²) >= 11 is 0. The number of ether oxygens (including phenoxy) is 1. The molecule has 1 amide bonds. The van der Waals surface area contributed by atoms with Crippen molar-refractivity contribution in [3.8, 4) is 5.75 Å². The number of nitrogens with one attached hydrogen (secondary N) is 1. The maximum absolute atomic E-state index is 12.5. The number of amides is 1. The van der Waals surface area contributed by atoms with E-state index in [1.165, 1.54) is 0 Å². The van der Waals surface area contributed by atoms with E-state index in [9.17, 15) is 9.90 Å². The van der Waals surface area contributed by atoms with Crippen LogP contribution in [0, 0.1) is 0 Å². The zero-order valence-corrected chi connectivity index (χ0v) is 12.7. The summed E-state index contributed by atoms with van der Waals surface area (Å²) in [6.45, 7) is 4.04. The third-order valence-electron chi connectivity index (χ3n) is 4.54. The molecule has 1 aliphatic heterocycles. The first-order valence-corrected chi connectivity index (χ1v) is 7.71. The Morgan fingerprint density at radius 1 is 1.29 bits per heavy atom. The molecule has 0 aromatic heterocycles. The number of hydrogen-bond donors (Lipinski definition) is 2. The van der Waals surface area contributed by atoms with Crippen molar-refractivity contribution in [3.63, 3.8) is 0 Å². The zero-order chi connectivity index (χ0) is 15.1. The van der Waals surface area contributed by atoms with E-state index in [1.807, 2.05) is 38.1 Å². The van der Waals surface area contributed by atoms with Gasteiger partial charge >= 0.3 is 0 Å². The summed E-state index contributed by atoms with van der Waals surface area (Å²) < 4.78 is 5.97. The molecule has 1 saturated carbocycles. The molecule has 1 aliphatic carbocycles. The highest BCUT2D eigenvalue weighted by Crippen LogP contribution is 2.40. The lowest BCUT2D eigenvalue weighted by Crippen LogP contribution is -2.49. The summed E-state index contributed by atoms with van der Waals surface area (Å²) in [5.41, 5.74) is -0.520. The van der Waals surface area contributed by atoms with Crippen molar-refractivity contribution in [1.82, 2.24) is 5.32 Å². The van der Waals surface area contributed by atoms with Gasteiger partial charge in [0.15, 0.2) is 0 Å². The Morgan fingerprint density at radius 3 is 2.67 bits per heavy atom. The number of hydrogen-bond acceptors (Lipinski definition) is 3. The average molecular weight is 289 g/mol. The molecule has 1 aromatic carbocycles. The summed E-state index contributed by atoms with van der Waals surface area (Å²) in [7, 11) is 0. The fourth-order valence-corrected chi connectivity index (χ4v) is 3.41. The quantitative estimate of drug-likeness (QED) is 0.880. The molecule has 114 valence electrons. The Labute approximate surface area is 125 Å². The Hall–Kier alpha value is -1.55. The molecule has 1 aromatic rings. The normalized spacial score (nSPS) is 25.8. The van der Waals surface area contributed by atoms with E-state index in [0.29, 0.717) is 19.3 Å². The number of fused-ring (bicyclic) bond motifs is 1. The van der Waals surface area contributed by atoms with Crippen LogP contribution in [0.4, 0.5) is 0 Å². The molecule has 21 heavy (non-hydrogen) atoms. The maximum atomic E-state index is 12.5. The Balaban J connectivity index is 1.83. The Morgan fingerprint density at radius 2 is 1.95 bits per heavy atom. The molecule has 0 saturated heterocycles. The van der Waals surface area contributed by atoms with Crippen LogP contribution < -0.4 is 10.1 Å². The van der Waals surface area contributed by atoms with Crippen LogP contribution in [-0.2, 0) is 4.79 Å². The van der Waals surface area contributed by atoms with Gasteiger partial charge in [0.2, 0.25) is 0 Å². The topological polar surface area (TPSA) is 58.6 Å². The maximum Gasteiger partial charge on any atom is 0.252 e. The van der Waals surface area contributed by atoms with Gasteiger partial charge in [-0.3, -0.25) is 4.79 Å². The summed E-state index contributed by atoms with van der Waals surface area (Å²) in [5, 5.41) is 13.5. The van der Waals surface area contributed by atoms with Gasteiger partial charge < -0.3 is 15.2 Å². The van der Waals surface area contributed by atoms with E-state index < -0.39 is 5.60 Å². The summed E-state index contributed by atoms with van der Waals surface area (Å²) in [5.74, 6) is 0.579. The monoisotopic (exact) mass is 289 g/mol. The van der Waals surface area contributed by atoms with E-state index in [4.69, 9.17) is 4.74 Å². The van der Waals surface area contributed by atoms with Gasteiger partial charge in [-0.15, -0.1) is 0 Å². The van der Waals surface area contributed by atoms with Crippen LogP contribution in [0.2, 0.25) is 0 Å². The predicted octanol–water partition coefficient (Wildman–Crippen LogP) is 2.71. The first-order chi connectivity index (χ1) is 9.90. The SMILES string of the molecule is CC1(C)CC(NC(=O)C2(O)CCCC2)c2ccccc2O1. The highest BCUT2D eigenvalue weighted by molar-refractivity contribution is 5.85. The highest BCUT2D eigenvalue weighted by Gasteiger charge is 2.42. The molecule has 0 radical (unpaired) electrons. The first-order valence-electron chi connectivity index (χ1n) is 7.71. The second kappa shape index (κ2) is 5.02. The molecular formula is C17H23NO3. The number of aliphatic hydroxyl groups is 1. The van der Waals surface area contributed by atoms with Gasteiger partial charge in [0.1, 0.15) is 17.0 Å². The minimum absolute atomic E-state index is 0.109. The number of rotatable bonds is 2. The zero-order valence-electron chi connectivity index (χ0n) is 12.7. The minimum Gasteiger partial charge on any atom is -0.487 e. The van der Waals surface area contributed by atoms with E-state index >= 15 is 0 Å². The van der Waals surface area contributed by atoms with Crippen molar-refractivity contribution in [1.29, 1.82) is 0 Å². The van der Waals surface area contributed by atoms with Gasteiger partial charge in [0.25, 0.3) is 5.91 Å². The van der Waals surface area contributed by atoms with Crippen molar-refractivity contribution >= 4 is 5.91 Å². The molecule has 0 bridgehead atoms. The summed E-state index contributed by atoms with van der Waals surface area (Å²) in [6, 6.07) is 7.68. The average Bonchev–Trinajstić information content (AvgIpc) is 2.86. The van der Waals surface area contributed by atoms with Crippen molar-refractivity contribution in [2.45, 2.75) is 63.2 Å². The molecule has 1 fully saturated rings. The lowest BCUT2D eigenvalue weighted by molar-refractivity contribution is -0.140. The van der Waals surface area contributed by atoms with Gasteiger partial charge in [-0.2, -0.15) is 0 Å². The van der Waals surface area contributed by atoms with Gasteiger partial charge in [0.05, 0.1) is 6.04 Å². The minimum atomic E-state index is -1.18. The van der Waals surface area contributed by atoms with Gasteiger partial charge in [-0.25, -0.2) is 0 Å². The van der Waals surface area contributed by atoms with Crippen molar-refractivity contribution in [3.05, 3.63) is 29.8 Å². The lowest BCUT2D eigenvalue weighted by atomic mass is 9.89. The standard InChI is InChI=1S/C17H23NO3/c1-16(2)11-13(12-7-3-4-8-14(12)21-16)18-15(19)17(20)9-5-6-10-17/h3-4,7-8,13,20H,5-6,9-11H2,1-2H3,(H,18,19). The van der Waals surface area contributed by atoms with E-state index in [0.717, 1.165) is 24.2 Å². The van der Waals surface area contributed by atoms with E-state index in [2.05, 4.69) is 5.32 Å². The van der Waals surface area contributed by atoms with Gasteiger partial charge in [-0.1, -0.05) is 18.2 Å². The number of carbonyl (C=O) groups is 1. The molecule has 2 N–H and O–H groups in total. The molecule has 4 heteroatoms. The van der Waals surface area contributed by atoms with Crippen molar-refractivity contribution in [2.24, 2.45) is 0 Å². The number of benzene rings is 1. The lowest BCUT2D eigenvalue weighted by Gasteiger charge is -2.38. The summed E-state index contributed by atoms with van der Waals surface area (Å²) in [4.78, 5) is 12.5. The van der Waals surface area contributed by atoms with E-state index in [1.54, 1.807) is 0 Å². The van der Waals surface area contributed by atoms with E-state index in [-0.39, 0.29) is 17.6 Å². The number of carbonyl (C=O) groups excluding carboxylic acids is 1. The van der Waals surface area contributed by atoms with Crippen LogP contribution in [0.15, 0.2) is 24.3 Å².